The van der Waals surface area contributed by atoms with E-state index in [1.54, 1.807) is 0 Å². The number of nitrogens with two attached hydrogens (primary N) is 1. The van der Waals surface area contributed by atoms with Crippen LogP contribution < -0.4 is 11.1 Å². The lowest BCUT2D eigenvalue weighted by Crippen LogP contribution is -2.14. The van der Waals surface area contributed by atoms with E-state index in [2.05, 4.69) is 10.3 Å². The van der Waals surface area contributed by atoms with Crippen LogP contribution in [0.5, 0.6) is 0 Å². The molecule has 1 heterocycles. The van der Waals surface area contributed by atoms with Gasteiger partial charge in [0.05, 0.1) is 11.9 Å². The summed E-state index contributed by atoms with van der Waals surface area (Å²) in [4.78, 5) is 15.1. The van der Waals surface area contributed by atoms with Crippen molar-refractivity contribution in [2.45, 2.75) is 6.61 Å². The summed E-state index contributed by atoms with van der Waals surface area (Å²) in [6, 6.07) is 10.5. The molecule has 0 fully saturated rings. The number of nitrogens with zero attached hydrogens (tertiary/aromatic N) is 1. The highest BCUT2D eigenvalue weighted by molar-refractivity contribution is 5.85. The first-order chi connectivity index (χ1) is 9.15. The molecule has 7 heteroatoms. The molecular weight excluding hydrogens is 285 g/mol. The molecule has 0 aliphatic carbocycles. The van der Waals surface area contributed by atoms with Gasteiger partial charge in [-0.15, -0.1) is 12.4 Å². The molecule has 0 saturated carbocycles. The lowest BCUT2D eigenvalue weighted by atomic mass is 10.2. The van der Waals surface area contributed by atoms with Crippen molar-refractivity contribution in [3.05, 3.63) is 54.0 Å². The molecule has 1 amide bonds. The van der Waals surface area contributed by atoms with Gasteiger partial charge in [0, 0.05) is 6.07 Å². The number of pyridine rings is 1. The normalized spacial score (nSPS) is 9.45. The van der Waals surface area contributed by atoms with Gasteiger partial charge in [-0.05, 0) is 5.56 Å². The number of anilines is 2. The second-order valence-electron chi connectivity index (χ2n) is 3.78. The van der Waals surface area contributed by atoms with E-state index in [4.69, 9.17) is 10.5 Å². The van der Waals surface area contributed by atoms with Crippen molar-refractivity contribution < 1.29 is 13.9 Å². The number of carbonyl (C=O) groups excluding carboxylic acids is 1. The Kier molecular flexibility index (Phi) is 5.74. The Morgan fingerprint density at radius 3 is 2.70 bits per heavy atom. The number of hydrogen-bond donors (Lipinski definition) is 2. The fourth-order valence-electron chi connectivity index (χ4n) is 1.39. The highest BCUT2D eigenvalue weighted by Gasteiger charge is 2.06. The van der Waals surface area contributed by atoms with E-state index >= 15 is 0 Å². The van der Waals surface area contributed by atoms with Gasteiger partial charge < -0.3 is 10.5 Å². The number of halogens is 2. The van der Waals surface area contributed by atoms with Crippen molar-refractivity contribution in [1.82, 2.24) is 4.98 Å². The highest BCUT2D eigenvalue weighted by atomic mass is 35.5. The predicted molar refractivity (Wildman–Crippen MR) is 76.1 cm³/mol. The summed E-state index contributed by atoms with van der Waals surface area (Å²) in [5, 5.41) is 2.36. The predicted octanol–water partition coefficient (Wildman–Crippen LogP) is 2.97. The van der Waals surface area contributed by atoms with Gasteiger partial charge >= 0.3 is 6.09 Å². The Labute approximate surface area is 121 Å². The van der Waals surface area contributed by atoms with Crippen molar-refractivity contribution in [3.8, 4) is 0 Å². The van der Waals surface area contributed by atoms with Gasteiger partial charge in [0.25, 0.3) is 0 Å². The molecule has 3 N–H and O–H groups in total. The first kappa shape index (κ1) is 15.7. The molecule has 0 aliphatic rings. The summed E-state index contributed by atoms with van der Waals surface area (Å²) >= 11 is 0. The van der Waals surface area contributed by atoms with E-state index in [0.29, 0.717) is 0 Å². The third kappa shape index (κ3) is 4.40. The number of nitrogens with one attached hydrogen (secondary N) is 1. The molecule has 2 aromatic rings. The first-order valence-electron chi connectivity index (χ1n) is 5.54. The Balaban J connectivity index is 0.00000200. The van der Waals surface area contributed by atoms with Crippen molar-refractivity contribution in [1.29, 1.82) is 0 Å². The van der Waals surface area contributed by atoms with Crippen LogP contribution in [-0.2, 0) is 11.3 Å². The zero-order valence-corrected chi connectivity index (χ0v) is 11.2. The van der Waals surface area contributed by atoms with E-state index < -0.39 is 11.9 Å². The molecule has 0 aliphatic heterocycles. The number of hydrogen-bond acceptors (Lipinski definition) is 4. The van der Waals surface area contributed by atoms with Crippen LogP contribution in [0.15, 0.2) is 42.6 Å². The van der Waals surface area contributed by atoms with Crippen molar-refractivity contribution in [2.75, 3.05) is 11.1 Å². The number of benzene rings is 1. The average molecular weight is 298 g/mol. The van der Waals surface area contributed by atoms with Crippen molar-refractivity contribution in [3.63, 3.8) is 0 Å². The number of aromatic nitrogens is 1. The van der Waals surface area contributed by atoms with Crippen LogP contribution in [0.4, 0.5) is 20.7 Å². The fraction of sp³-hybridized carbons (Fsp3) is 0.0769. The standard InChI is InChI=1S/C13H12FN3O2.ClH/c14-10-7-16-12(6-11(10)15)17-13(18)19-8-9-4-2-1-3-5-9;/h1-7H,8H2,(H3,15,16,17,18);1H. The fourth-order valence-corrected chi connectivity index (χ4v) is 1.39. The molecule has 5 nitrogen and oxygen atoms in total. The van der Waals surface area contributed by atoms with Gasteiger partial charge in [-0.1, -0.05) is 30.3 Å². The van der Waals surface area contributed by atoms with Gasteiger partial charge in [-0.2, -0.15) is 0 Å². The second-order valence-corrected chi connectivity index (χ2v) is 3.78. The summed E-state index contributed by atoms with van der Waals surface area (Å²) in [5.41, 5.74) is 6.13. The Hall–Kier alpha value is -2.34. The van der Waals surface area contributed by atoms with Crippen molar-refractivity contribution in [2.24, 2.45) is 0 Å². The van der Waals surface area contributed by atoms with Crippen LogP contribution in [0.3, 0.4) is 0 Å². The summed E-state index contributed by atoms with van der Waals surface area (Å²) in [6.07, 6.45) is 0.254. The third-order valence-electron chi connectivity index (χ3n) is 2.33. The summed E-state index contributed by atoms with van der Waals surface area (Å²) in [5.74, 6) is -0.500. The molecule has 0 bridgehead atoms. The summed E-state index contributed by atoms with van der Waals surface area (Å²) in [7, 11) is 0. The zero-order valence-electron chi connectivity index (χ0n) is 10.4. The number of ether oxygens (including phenoxy) is 1. The maximum atomic E-state index is 12.9. The smallest absolute Gasteiger partial charge is 0.413 e. The Morgan fingerprint density at radius 1 is 1.35 bits per heavy atom. The molecule has 1 aromatic heterocycles. The summed E-state index contributed by atoms with van der Waals surface area (Å²) in [6.45, 7) is 0.142. The molecule has 0 radical (unpaired) electrons. The second kappa shape index (κ2) is 7.30. The molecule has 0 spiro atoms. The van der Waals surface area contributed by atoms with E-state index in [1.807, 2.05) is 30.3 Å². The van der Waals surface area contributed by atoms with E-state index in [0.717, 1.165) is 11.8 Å². The Morgan fingerprint density at radius 2 is 2.05 bits per heavy atom. The van der Waals surface area contributed by atoms with Crippen LogP contribution in [0.1, 0.15) is 5.56 Å². The first-order valence-corrected chi connectivity index (χ1v) is 5.54. The Bertz CT molecular complexity index is 581. The van der Waals surface area contributed by atoms with E-state index in [1.165, 1.54) is 6.07 Å². The SMILES string of the molecule is Cl.Nc1cc(NC(=O)OCc2ccccc2)ncc1F. The van der Waals surface area contributed by atoms with Crippen LogP contribution >= 0.6 is 12.4 Å². The van der Waals surface area contributed by atoms with Gasteiger partial charge in [0.1, 0.15) is 12.4 Å². The zero-order chi connectivity index (χ0) is 13.7. The minimum atomic E-state index is -0.678. The monoisotopic (exact) mass is 297 g/mol. The van der Waals surface area contributed by atoms with Crippen molar-refractivity contribution >= 4 is 30.0 Å². The van der Waals surface area contributed by atoms with Crippen LogP contribution in [0, 0.1) is 5.82 Å². The minimum Gasteiger partial charge on any atom is -0.444 e. The minimum absolute atomic E-state index is 0. The quantitative estimate of drug-likeness (QED) is 0.913. The number of amides is 1. The van der Waals surface area contributed by atoms with Gasteiger partial charge in [-0.25, -0.2) is 14.2 Å². The summed E-state index contributed by atoms with van der Waals surface area (Å²) < 4.78 is 17.9. The number of nitrogen functional groups attached to an aromatic ring is 1. The molecule has 0 saturated heterocycles. The third-order valence-corrected chi connectivity index (χ3v) is 2.33. The lowest BCUT2D eigenvalue weighted by molar-refractivity contribution is 0.155. The maximum Gasteiger partial charge on any atom is 0.413 e. The molecule has 106 valence electrons. The molecule has 0 atom stereocenters. The van der Waals surface area contributed by atoms with Gasteiger partial charge in [0.15, 0.2) is 5.82 Å². The van der Waals surface area contributed by atoms with Crippen LogP contribution in [0.25, 0.3) is 0 Å². The number of rotatable bonds is 3. The molecule has 2 rings (SSSR count). The van der Waals surface area contributed by atoms with Gasteiger partial charge in [-0.3, -0.25) is 5.32 Å². The lowest BCUT2D eigenvalue weighted by Gasteiger charge is -2.07. The van der Waals surface area contributed by atoms with E-state index in [-0.39, 0.29) is 30.5 Å². The molecule has 20 heavy (non-hydrogen) atoms. The van der Waals surface area contributed by atoms with E-state index in [9.17, 15) is 9.18 Å². The average Bonchev–Trinajstić information content (AvgIpc) is 2.42. The number of carbonyl (C=O) groups is 1. The van der Waals surface area contributed by atoms with Gasteiger partial charge in [0.2, 0.25) is 0 Å². The van der Waals surface area contributed by atoms with Crippen LogP contribution in [-0.4, -0.2) is 11.1 Å². The maximum absolute atomic E-state index is 12.9. The largest absolute Gasteiger partial charge is 0.444 e. The molecular formula is C13H13ClFN3O2. The topological polar surface area (TPSA) is 77.2 Å². The molecule has 0 unspecified atom stereocenters. The van der Waals surface area contributed by atoms with Crippen LogP contribution in [0.2, 0.25) is 0 Å². The molecule has 1 aromatic carbocycles. The highest BCUT2D eigenvalue weighted by Crippen LogP contribution is 2.13.